The van der Waals surface area contributed by atoms with Crippen LogP contribution in [0.5, 0.6) is 0 Å². The number of hydrogen-bond acceptors (Lipinski definition) is 4. The van der Waals surface area contributed by atoms with Crippen molar-refractivity contribution in [3.8, 4) is 0 Å². The van der Waals surface area contributed by atoms with E-state index in [0.717, 1.165) is 11.1 Å². The Morgan fingerprint density at radius 3 is 2.44 bits per heavy atom. The van der Waals surface area contributed by atoms with E-state index in [0.29, 0.717) is 24.2 Å². The molecule has 1 heterocycles. The lowest BCUT2D eigenvalue weighted by Crippen LogP contribution is -2.12. The monoisotopic (exact) mass is 336 g/mol. The van der Waals surface area contributed by atoms with Crippen LogP contribution in [0, 0.1) is 5.82 Å². The van der Waals surface area contributed by atoms with E-state index in [1.54, 1.807) is 18.3 Å². The molecule has 0 saturated carbocycles. The third-order valence-electron chi connectivity index (χ3n) is 4.16. The van der Waals surface area contributed by atoms with E-state index in [4.69, 9.17) is 5.73 Å². The first-order chi connectivity index (χ1) is 12.1. The normalized spacial score (nSPS) is 11.9. The minimum atomic E-state index is -0.189. The van der Waals surface area contributed by atoms with Crippen molar-refractivity contribution in [2.24, 2.45) is 0 Å². The second-order valence-corrected chi connectivity index (χ2v) is 5.97. The molecule has 1 atom stereocenters. The van der Waals surface area contributed by atoms with E-state index < -0.39 is 0 Å². The molecule has 0 fully saturated rings. The van der Waals surface area contributed by atoms with Gasteiger partial charge in [-0.2, -0.15) is 4.98 Å². The van der Waals surface area contributed by atoms with E-state index in [2.05, 4.69) is 34.3 Å². The van der Waals surface area contributed by atoms with E-state index in [9.17, 15) is 4.39 Å². The van der Waals surface area contributed by atoms with Crippen LogP contribution in [0.4, 0.5) is 16.2 Å². The fourth-order valence-electron chi connectivity index (χ4n) is 2.73. The molecule has 128 valence electrons. The smallest absolute Gasteiger partial charge is 0.221 e. The van der Waals surface area contributed by atoms with Crippen molar-refractivity contribution in [3.05, 3.63) is 83.3 Å². The maximum atomic E-state index is 13.8. The molecular formula is C20H21FN4. The van der Waals surface area contributed by atoms with Gasteiger partial charge in [0.2, 0.25) is 5.95 Å². The van der Waals surface area contributed by atoms with Gasteiger partial charge in [-0.25, -0.2) is 9.37 Å². The number of nitrogens with two attached hydrogens (primary N) is 1. The van der Waals surface area contributed by atoms with Crippen LogP contribution in [0.1, 0.15) is 29.7 Å². The number of anilines is 2. The number of rotatable bonds is 6. The Hall–Kier alpha value is -2.95. The molecule has 0 bridgehead atoms. The van der Waals surface area contributed by atoms with Gasteiger partial charge in [0, 0.05) is 17.8 Å². The van der Waals surface area contributed by atoms with E-state index in [-0.39, 0.29) is 17.8 Å². The molecule has 0 aliphatic rings. The lowest BCUT2D eigenvalue weighted by atomic mass is 10.0. The first-order valence-corrected chi connectivity index (χ1v) is 8.30. The zero-order valence-electron chi connectivity index (χ0n) is 14.1. The fourth-order valence-corrected chi connectivity index (χ4v) is 2.73. The molecule has 3 N–H and O–H groups in total. The molecule has 0 aliphatic carbocycles. The molecule has 4 nitrogen and oxygen atoms in total. The average molecular weight is 336 g/mol. The minimum absolute atomic E-state index is 0.0720. The molecule has 3 rings (SSSR count). The van der Waals surface area contributed by atoms with Gasteiger partial charge >= 0.3 is 0 Å². The maximum absolute atomic E-state index is 13.8. The van der Waals surface area contributed by atoms with Crippen molar-refractivity contribution in [2.45, 2.75) is 25.8 Å². The van der Waals surface area contributed by atoms with Gasteiger partial charge in [-0.3, -0.25) is 0 Å². The van der Waals surface area contributed by atoms with E-state index >= 15 is 0 Å². The topological polar surface area (TPSA) is 63.8 Å². The summed E-state index contributed by atoms with van der Waals surface area (Å²) in [6.07, 6.45) is 2.92. The lowest BCUT2D eigenvalue weighted by molar-refractivity contribution is 0.608. The number of nitrogens with one attached hydrogen (secondary N) is 1. The first kappa shape index (κ1) is 16.9. The number of benzene rings is 2. The third-order valence-corrected chi connectivity index (χ3v) is 4.16. The summed E-state index contributed by atoms with van der Waals surface area (Å²) in [6.45, 7) is 2.06. The number of hydrogen-bond donors (Lipinski definition) is 2. The summed E-state index contributed by atoms with van der Waals surface area (Å²) in [5.41, 5.74) is 8.50. The van der Waals surface area contributed by atoms with Crippen molar-refractivity contribution in [2.75, 3.05) is 11.1 Å². The quantitative estimate of drug-likeness (QED) is 0.709. The van der Waals surface area contributed by atoms with Crippen LogP contribution in [-0.2, 0) is 12.8 Å². The van der Waals surface area contributed by atoms with Crippen molar-refractivity contribution < 1.29 is 4.39 Å². The molecule has 0 amide bonds. The zero-order valence-corrected chi connectivity index (χ0v) is 14.1. The van der Waals surface area contributed by atoms with Gasteiger partial charge in [0.1, 0.15) is 11.6 Å². The van der Waals surface area contributed by atoms with Crippen LogP contribution in [0.15, 0.2) is 60.8 Å². The average Bonchev–Trinajstić information content (AvgIpc) is 2.63. The third kappa shape index (κ3) is 4.32. The van der Waals surface area contributed by atoms with Gasteiger partial charge < -0.3 is 11.1 Å². The van der Waals surface area contributed by atoms with Gasteiger partial charge in [0.25, 0.3) is 0 Å². The molecular weight excluding hydrogens is 315 g/mol. The Balaban J connectivity index is 1.77. The summed E-state index contributed by atoms with van der Waals surface area (Å²) in [5.74, 6) is 0.726. The summed E-state index contributed by atoms with van der Waals surface area (Å²) in [5, 5.41) is 3.39. The Labute approximate surface area is 146 Å². The van der Waals surface area contributed by atoms with Crippen LogP contribution in [-0.4, -0.2) is 9.97 Å². The maximum Gasteiger partial charge on any atom is 0.221 e. The number of aryl methyl sites for hydroxylation is 2. The van der Waals surface area contributed by atoms with Crippen molar-refractivity contribution >= 4 is 11.8 Å². The van der Waals surface area contributed by atoms with Gasteiger partial charge in [-0.05, 0) is 37.0 Å². The number of nitrogen functional groups attached to an aromatic ring is 1. The van der Waals surface area contributed by atoms with Crippen molar-refractivity contribution in [1.29, 1.82) is 0 Å². The molecule has 0 saturated heterocycles. The van der Waals surface area contributed by atoms with Crippen LogP contribution in [0.2, 0.25) is 0 Å². The van der Waals surface area contributed by atoms with Gasteiger partial charge in [0.15, 0.2) is 0 Å². The second kappa shape index (κ2) is 7.75. The van der Waals surface area contributed by atoms with Crippen LogP contribution < -0.4 is 11.1 Å². The molecule has 1 unspecified atom stereocenters. The van der Waals surface area contributed by atoms with Crippen LogP contribution in [0.25, 0.3) is 0 Å². The number of aromatic nitrogens is 2. The molecule has 1 aromatic heterocycles. The molecule has 2 aromatic carbocycles. The highest BCUT2D eigenvalue weighted by atomic mass is 19.1. The van der Waals surface area contributed by atoms with E-state index in [1.165, 1.54) is 6.07 Å². The first-order valence-electron chi connectivity index (χ1n) is 8.30. The van der Waals surface area contributed by atoms with Gasteiger partial charge in [-0.15, -0.1) is 0 Å². The highest BCUT2D eigenvalue weighted by Crippen LogP contribution is 2.22. The minimum Gasteiger partial charge on any atom is -0.368 e. The Bertz CT molecular complexity index is 836. The summed E-state index contributed by atoms with van der Waals surface area (Å²) in [7, 11) is 0. The molecule has 0 aliphatic heterocycles. The Kier molecular flexibility index (Phi) is 5.23. The second-order valence-electron chi connectivity index (χ2n) is 5.97. The lowest BCUT2D eigenvalue weighted by Gasteiger charge is -2.17. The van der Waals surface area contributed by atoms with Crippen LogP contribution in [0.3, 0.4) is 0 Å². The van der Waals surface area contributed by atoms with Crippen molar-refractivity contribution in [1.82, 2.24) is 9.97 Å². The highest BCUT2D eigenvalue weighted by molar-refractivity contribution is 5.48. The molecule has 3 aromatic rings. The van der Waals surface area contributed by atoms with Crippen LogP contribution >= 0.6 is 0 Å². The SMILES string of the molecule is CC(Nc1nc(N)ncc1CCc1ccccc1F)c1ccccc1. The van der Waals surface area contributed by atoms with Gasteiger partial charge in [0.05, 0.1) is 0 Å². The highest BCUT2D eigenvalue weighted by Gasteiger charge is 2.12. The summed E-state index contributed by atoms with van der Waals surface area (Å²) < 4.78 is 13.8. The fraction of sp³-hybridized carbons (Fsp3) is 0.200. The summed E-state index contributed by atoms with van der Waals surface area (Å²) in [4.78, 5) is 8.42. The largest absolute Gasteiger partial charge is 0.368 e. The summed E-state index contributed by atoms with van der Waals surface area (Å²) in [6, 6.07) is 17.0. The Morgan fingerprint density at radius 1 is 1.00 bits per heavy atom. The predicted octanol–water partition coefficient (Wildman–Crippen LogP) is 4.16. The van der Waals surface area contributed by atoms with Gasteiger partial charge in [-0.1, -0.05) is 48.5 Å². The molecule has 25 heavy (non-hydrogen) atoms. The zero-order chi connectivity index (χ0) is 17.6. The van der Waals surface area contributed by atoms with E-state index in [1.807, 2.05) is 24.3 Å². The summed E-state index contributed by atoms with van der Waals surface area (Å²) >= 11 is 0. The standard InChI is InChI=1S/C20H21FN4/c1-14(15-7-3-2-4-8-15)24-19-17(13-23-20(22)25-19)12-11-16-9-5-6-10-18(16)21/h2-10,13-14H,11-12H2,1H3,(H3,22,23,24,25). The molecule has 0 radical (unpaired) electrons. The number of nitrogens with zero attached hydrogens (tertiary/aromatic N) is 2. The predicted molar refractivity (Wildman–Crippen MR) is 98.7 cm³/mol. The molecule has 5 heteroatoms. The molecule has 0 spiro atoms. The van der Waals surface area contributed by atoms with Crippen molar-refractivity contribution in [3.63, 3.8) is 0 Å². The Morgan fingerprint density at radius 2 is 1.68 bits per heavy atom. The number of halogens is 1.